The topological polar surface area (TPSA) is 144 Å². The van der Waals surface area contributed by atoms with Crippen molar-refractivity contribution in [2.45, 2.75) is 64.3 Å². The maximum absolute atomic E-state index is 12.4. The fraction of sp³-hybridized carbons (Fsp3) is 0.375. The minimum absolute atomic E-state index is 0.0486. The van der Waals surface area contributed by atoms with Crippen molar-refractivity contribution < 1.29 is 52.7 Å². The molecule has 43 heavy (non-hydrogen) atoms. The molecule has 228 valence electrons. The van der Waals surface area contributed by atoms with Crippen molar-refractivity contribution in [3.8, 4) is 16.9 Å². The van der Waals surface area contributed by atoms with Crippen LogP contribution in [0.15, 0.2) is 60.7 Å². The quantitative estimate of drug-likeness (QED) is 0.286. The summed E-state index contributed by atoms with van der Waals surface area (Å²) in [7, 11) is 1.26. The lowest BCUT2D eigenvalue weighted by Gasteiger charge is -2.50. The third-order valence-electron chi connectivity index (χ3n) is 6.97. The largest absolute Gasteiger partial charge is 0.507 e. The Morgan fingerprint density at radius 2 is 1.37 bits per heavy atom. The van der Waals surface area contributed by atoms with Gasteiger partial charge in [-0.2, -0.15) is 0 Å². The Morgan fingerprint density at radius 1 is 0.767 bits per heavy atom. The highest BCUT2D eigenvalue weighted by atomic mass is 16.7. The maximum atomic E-state index is 12.4. The van der Waals surface area contributed by atoms with Crippen LogP contribution in [0.4, 0.5) is 0 Å². The van der Waals surface area contributed by atoms with Crippen molar-refractivity contribution in [2.24, 2.45) is 0 Å². The Kier molecular flexibility index (Phi) is 9.67. The molecule has 0 aromatic heterocycles. The van der Waals surface area contributed by atoms with Crippen molar-refractivity contribution in [1.82, 2.24) is 0 Å². The average molecular weight is 595 g/mol. The van der Waals surface area contributed by atoms with Gasteiger partial charge >= 0.3 is 23.9 Å². The third-order valence-corrected chi connectivity index (χ3v) is 6.97. The molecular weight excluding hydrogens is 560 g/mol. The molecule has 1 unspecified atom stereocenters. The summed E-state index contributed by atoms with van der Waals surface area (Å²) in [6.07, 6.45) is -5.24. The summed E-state index contributed by atoms with van der Waals surface area (Å²) in [5.41, 5.74) is 3.93. The van der Waals surface area contributed by atoms with Crippen LogP contribution in [-0.2, 0) is 59.8 Å². The van der Waals surface area contributed by atoms with Crippen LogP contribution in [0.25, 0.3) is 11.1 Å². The highest BCUT2D eigenvalue weighted by Crippen LogP contribution is 2.46. The molecule has 1 heterocycles. The molecule has 0 saturated carbocycles. The predicted octanol–water partition coefficient (Wildman–Crippen LogP) is 3.64. The van der Waals surface area contributed by atoms with E-state index in [-0.39, 0.29) is 11.3 Å². The predicted molar refractivity (Wildman–Crippen MR) is 151 cm³/mol. The van der Waals surface area contributed by atoms with E-state index in [0.29, 0.717) is 6.42 Å². The Balaban J connectivity index is 1.85. The molecule has 1 aliphatic heterocycles. The van der Waals surface area contributed by atoms with E-state index in [1.165, 1.54) is 20.1 Å². The standard InChI is InChI=1S/C32H34O11/c1-18(33)39-17-28-29(40-19(2)34)30(41-20(3)35)31(42-21(4)36)32(38-5,43-28)26-16-22(11-12-27(26)37)13-23-14-24-9-7-6-8-10-25(24)15-23/h6-12,14-16,28-31,37H,13,17H2,1-5H3/t28-,29-,30+,31-,32?/m1/s1. The SMILES string of the molecule is COC1(c2cc(Cc3cc4cccccc-4c3)ccc2O)O[C@H](COC(C)=O)[C@@H](OC(C)=O)[C@H](OC(C)=O)[C@H]1OC(C)=O. The van der Waals surface area contributed by atoms with E-state index in [0.717, 1.165) is 43.0 Å². The smallest absolute Gasteiger partial charge is 0.303 e. The number of fused-ring (bicyclic) bond motifs is 1. The van der Waals surface area contributed by atoms with Crippen molar-refractivity contribution in [3.05, 3.63) is 77.4 Å². The number of carbonyl (C=O) groups is 4. The fourth-order valence-corrected chi connectivity index (χ4v) is 5.35. The number of aromatic hydroxyl groups is 1. The molecule has 4 rings (SSSR count). The second-order valence-electron chi connectivity index (χ2n) is 10.2. The molecule has 3 aliphatic rings. The van der Waals surface area contributed by atoms with E-state index in [4.69, 9.17) is 28.4 Å². The molecule has 1 N–H and O–H groups in total. The van der Waals surface area contributed by atoms with Gasteiger partial charge in [0.05, 0.1) is 5.56 Å². The van der Waals surface area contributed by atoms with Gasteiger partial charge in [0, 0.05) is 34.8 Å². The first kappa shape index (κ1) is 31.5. The first-order chi connectivity index (χ1) is 20.4. The molecule has 0 bridgehead atoms. The number of phenols is 1. The average Bonchev–Trinajstić information content (AvgIpc) is 3.17. The molecule has 0 amide bonds. The van der Waals surface area contributed by atoms with Crippen molar-refractivity contribution in [1.29, 1.82) is 0 Å². The molecule has 1 aromatic carbocycles. The number of esters is 4. The molecule has 1 aromatic rings. The molecule has 5 atom stereocenters. The summed E-state index contributed by atoms with van der Waals surface area (Å²) in [6.45, 7) is 4.13. The zero-order valence-electron chi connectivity index (χ0n) is 24.5. The van der Waals surface area contributed by atoms with Gasteiger partial charge < -0.3 is 33.5 Å². The Morgan fingerprint density at radius 3 is 1.93 bits per heavy atom. The van der Waals surface area contributed by atoms with E-state index in [9.17, 15) is 24.3 Å². The minimum Gasteiger partial charge on any atom is -0.507 e. The van der Waals surface area contributed by atoms with Gasteiger partial charge in [0.1, 0.15) is 18.5 Å². The van der Waals surface area contributed by atoms with Gasteiger partial charge in [-0.15, -0.1) is 0 Å². The van der Waals surface area contributed by atoms with Gasteiger partial charge in [-0.05, 0) is 40.8 Å². The summed E-state index contributed by atoms with van der Waals surface area (Å²) in [5.74, 6) is -5.36. The summed E-state index contributed by atoms with van der Waals surface area (Å²) in [4.78, 5) is 48.5. The molecular formula is C32H34O11. The van der Waals surface area contributed by atoms with Gasteiger partial charge in [0.2, 0.25) is 11.9 Å². The molecule has 1 fully saturated rings. The van der Waals surface area contributed by atoms with Crippen LogP contribution in [0.3, 0.4) is 0 Å². The molecule has 2 aliphatic carbocycles. The van der Waals surface area contributed by atoms with Crippen molar-refractivity contribution in [3.63, 3.8) is 0 Å². The van der Waals surface area contributed by atoms with Crippen LogP contribution in [0.5, 0.6) is 5.75 Å². The van der Waals surface area contributed by atoms with E-state index in [1.54, 1.807) is 12.1 Å². The zero-order chi connectivity index (χ0) is 31.3. The Hall–Kier alpha value is -4.48. The molecule has 11 heteroatoms. The third kappa shape index (κ3) is 7.12. The first-order valence-corrected chi connectivity index (χ1v) is 13.6. The Bertz CT molecular complexity index is 1440. The van der Waals surface area contributed by atoms with Crippen LogP contribution in [0.2, 0.25) is 0 Å². The fourth-order valence-electron chi connectivity index (χ4n) is 5.35. The van der Waals surface area contributed by atoms with Gasteiger partial charge in [0.15, 0.2) is 12.2 Å². The lowest BCUT2D eigenvalue weighted by molar-refractivity contribution is -0.368. The Labute approximate surface area is 248 Å². The normalized spacial score (nSPS) is 23.3. The minimum atomic E-state index is -2.10. The number of hydrogen-bond acceptors (Lipinski definition) is 11. The first-order valence-electron chi connectivity index (χ1n) is 13.6. The number of benzene rings is 1. The summed E-state index contributed by atoms with van der Waals surface area (Å²) < 4.78 is 34.1. The number of phenolic OH excluding ortho intramolecular Hbond substituents is 1. The summed E-state index contributed by atoms with van der Waals surface area (Å²) in [6, 6.07) is 18.8. The molecule has 0 radical (unpaired) electrons. The van der Waals surface area contributed by atoms with Gasteiger partial charge in [0.25, 0.3) is 0 Å². The van der Waals surface area contributed by atoms with Crippen molar-refractivity contribution >= 4 is 23.9 Å². The summed E-state index contributed by atoms with van der Waals surface area (Å²) >= 11 is 0. The molecule has 0 spiro atoms. The number of methoxy groups -OCH3 is 1. The highest BCUT2D eigenvalue weighted by molar-refractivity contribution is 5.70. The molecule has 1 saturated heterocycles. The second kappa shape index (κ2) is 13.2. The van der Waals surface area contributed by atoms with E-state index >= 15 is 0 Å². The number of rotatable bonds is 9. The van der Waals surface area contributed by atoms with E-state index < -0.39 is 60.7 Å². The van der Waals surface area contributed by atoms with E-state index in [1.807, 2.05) is 30.3 Å². The zero-order valence-corrected chi connectivity index (χ0v) is 24.5. The van der Waals surface area contributed by atoms with Crippen LogP contribution in [0, 0.1) is 0 Å². The van der Waals surface area contributed by atoms with Crippen molar-refractivity contribution in [2.75, 3.05) is 13.7 Å². The van der Waals surface area contributed by atoms with Crippen LogP contribution in [-0.4, -0.2) is 67.1 Å². The maximum Gasteiger partial charge on any atom is 0.303 e. The number of hydrogen-bond donors (Lipinski definition) is 1. The monoisotopic (exact) mass is 594 g/mol. The van der Waals surface area contributed by atoms with Gasteiger partial charge in [-0.3, -0.25) is 19.2 Å². The lowest BCUT2D eigenvalue weighted by Crippen LogP contribution is -2.67. The number of carbonyl (C=O) groups excluding carboxylic acids is 4. The van der Waals surface area contributed by atoms with Crippen LogP contribution < -0.4 is 0 Å². The lowest BCUT2D eigenvalue weighted by atomic mass is 9.85. The second-order valence-corrected chi connectivity index (χ2v) is 10.2. The molecule has 11 nitrogen and oxygen atoms in total. The van der Waals surface area contributed by atoms with Crippen LogP contribution >= 0.6 is 0 Å². The summed E-state index contributed by atoms with van der Waals surface area (Å²) in [5, 5.41) is 11.1. The van der Waals surface area contributed by atoms with Crippen LogP contribution in [0.1, 0.15) is 44.4 Å². The van der Waals surface area contributed by atoms with Gasteiger partial charge in [-0.25, -0.2) is 0 Å². The highest BCUT2D eigenvalue weighted by Gasteiger charge is 2.62. The van der Waals surface area contributed by atoms with E-state index in [2.05, 4.69) is 12.1 Å². The number of ether oxygens (including phenoxy) is 6. The van der Waals surface area contributed by atoms with Gasteiger partial charge in [-0.1, -0.05) is 48.5 Å².